The van der Waals surface area contributed by atoms with Crippen LogP contribution in [0.25, 0.3) is 0 Å². The van der Waals surface area contributed by atoms with Crippen molar-refractivity contribution in [3.8, 4) is 0 Å². The Bertz CT molecular complexity index is 2280. The third-order valence-electron chi connectivity index (χ3n) is 11.6. The summed E-state index contributed by atoms with van der Waals surface area (Å²) in [5.41, 5.74) is 3.50. The lowest BCUT2D eigenvalue weighted by Gasteiger charge is -2.30. The fourth-order valence-corrected chi connectivity index (χ4v) is 9.47. The second kappa shape index (κ2) is 22.9. The van der Waals surface area contributed by atoms with Gasteiger partial charge in [-0.1, -0.05) is 6.08 Å². The highest BCUT2D eigenvalue weighted by molar-refractivity contribution is 7.85. The van der Waals surface area contributed by atoms with Crippen LogP contribution in [-0.4, -0.2) is 138 Å². The Morgan fingerprint density at radius 1 is 0.762 bits per heavy atom. The average Bonchev–Trinajstić information content (AvgIpc) is 3.58. The van der Waals surface area contributed by atoms with Crippen LogP contribution in [0.3, 0.4) is 0 Å². The molecule has 17 nitrogen and oxygen atoms in total. The van der Waals surface area contributed by atoms with Crippen molar-refractivity contribution >= 4 is 55.1 Å². The maximum Gasteiger partial charge on any atom is 0.303 e. The number of benzene rings is 2. The number of unbranched alkanes of at least 4 members (excludes halogenated alkanes) is 2. The number of aliphatic carboxylic acids is 1. The minimum atomic E-state index is -4.55. The smallest absolute Gasteiger partial charge is 0.303 e. The van der Waals surface area contributed by atoms with Gasteiger partial charge in [0.25, 0.3) is 11.8 Å². The first-order valence-corrected chi connectivity index (χ1v) is 24.2. The minimum Gasteiger partial charge on any atom is -0.748 e. The summed E-state index contributed by atoms with van der Waals surface area (Å²) in [5, 5.41) is 14.9. The molecule has 348 valence electrons. The summed E-state index contributed by atoms with van der Waals surface area (Å²) in [6.45, 7) is 6.24. The number of carboxylic acids is 1. The lowest BCUT2D eigenvalue weighted by Crippen LogP contribution is -2.33. The van der Waals surface area contributed by atoms with E-state index in [2.05, 4.69) is 15.2 Å². The quantitative estimate of drug-likeness (QED) is 0.0653. The number of ether oxygens (including phenoxy) is 3. The Labute approximate surface area is 371 Å². The molecule has 2 unspecified atom stereocenters. The van der Waals surface area contributed by atoms with E-state index in [0.29, 0.717) is 63.3 Å². The van der Waals surface area contributed by atoms with Gasteiger partial charge in [0.05, 0.1) is 45.5 Å². The number of carboxylic acid groups (broad SMARTS) is 1. The molecule has 3 N–H and O–H groups in total. The van der Waals surface area contributed by atoms with Crippen LogP contribution in [0.15, 0.2) is 60.3 Å². The SMILES string of the molecule is COCCNC(=O)c1ccc2c(c1)C(C)(CCCS(=O)(=O)[O-])C(/C=C/C=C1/N(CCOC)c3ccc(C(=O)NCCOC)cc3C1(C)CCCS(=O)(=O)[O-])=[N+]2CCCCCC(=O)O. The summed E-state index contributed by atoms with van der Waals surface area (Å²) < 4.78 is 88.8. The van der Waals surface area contributed by atoms with Gasteiger partial charge in [0.2, 0.25) is 5.69 Å². The van der Waals surface area contributed by atoms with Gasteiger partial charge in [-0.15, -0.1) is 0 Å². The molecule has 0 saturated carbocycles. The number of carbonyl (C=O) groups excluding carboxylic acids is 2. The third-order valence-corrected chi connectivity index (χ3v) is 13.2. The van der Waals surface area contributed by atoms with E-state index >= 15 is 0 Å². The molecule has 2 aromatic rings. The predicted octanol–water partition coefficient (Wildman–Crippen LogP) is 3.96. The Balaban J connectivity index is 1.90. The van der Waals surface area contributed by atoms with Gasteiger partial charge in [-0.3, -0.25) is 14.4 Å². The minimum absolute atomic E-state index is 0.0189. The number of hydrogen-bond acceptors (Lipinski definition) is 13. The maximum atomic E-state index is 13.3. The second-order valence-electron chi connectivity index (χ2n) is 16.2. The molecule has 2 heterocycles. The number of amides is 2. The van der Waals surface area contributed by atoms with Gasteiger partial charge in [-0.05, 0) is 94.3 Å². The molecule has 0 aliphatic carbocycles. The van der Waals surface area contributed by atoms with Gasteiger partial charge in [0.15, 0.2) is 5.71 Å². The normalized spacial score (nSPS) is 19.2. The van der Waals surface area contributed by atoms with E-state index in [1.807, 2.05) is 49.1 Å². The molecule has 2 aliphatic rings. The molecule has 4 rings (SSSR count). The first kappa shape index (κ1) is 51.1. The molecule has 0 spiro atoms. The molecule has 63 heavy (non-hydrogen) atoms. The molecule has 2 amide bonds. The van der Waals surface area contributed by atoms with Crippen LogP contribution in [0.2, 0.25) is 0 Å². The van der Waals surface area contributed by atoms with Gasteiger partial charge in [0, 0.05) is 111 Å². The number of nitrogens with zero attached hydrogens (tertiary/aromatic N) is 2. The van der Waals surface area contributed by atoms with Gasteiger partial charge in [-0.2, -0.15) is 4.58 Å². The average molecular weight is 918 g/mol. The lowest BCUT2D eigenvalue weighted by atomic mass is 9.75. The largest absolute Gasteiger partial charge is 0.748 e. The summed E-state index contributed by atoms with van der Waals surface area (Å²) in [6.07, 6.45) is 7.89. The van der Waals surface area contributed by atoms with Crippen molar-refractivity contribution < 1.29 is 64.2 Å². The number of carbonyl (C=O) groups is 3. The fraction of sp³-hybridized carbons (Fsp3) is 0.545. The van der Waals surface area contributed by atoms with Crippen LogP contribution in [-0.2, 0) is 50.1 Å². The number of allylic oxidation sites excluding steroid dienone is 4. The standard InChI is InChI=1S/C44H62N4O13S2/c1-43(19-10-28-62(53,54)55)34-30-32(41(51)45-21-25-59-3)15-17-36(34)47(23-8-6-7-14-40(49)50)38(43)12-9-13-39-44(2,20-11-29-63(56,57)58)35-31-33(42(52)46-22-26-60-4)16-18-37(35)48(39)24-27-61-5/h9,12-13,15-18,30-31H,6-8,10-11,14,19-29H2,1-5H3,(H4-,45,46,49,50,51,52,53,54,55,56,57,58)/p-1. The number of fused-ring (bicyclic) bond motifs is 2. The zero-order valence-corrected chi connectivity index (χ0v) is 38.4. The molecular formula is C44H61N4O13S2-. The molecule has 0 aromatic heterocycles. The summed E-state index contributed by atoms with van der Waals surface area (Å²) in [4.78, 5) is 39.9. The Morgan fingerprint density at radius 3 is 1.87 bits per heavy atom. The Kier molecular flexibility index (Phi) is 18.6. The number of anilines is 1. The first-order valence-electron chi connectivity index (χ1n) is 21.0. The molecule has 2 aliphatic heterocycles. The van der Waals surface area contributed by atoms with Gasteiger partial charge in [0.1, 0.15) is 6.54 Å². The second-order valence-corrected chi connectivity index (χ2v) is 19.2. The van der Waals surface area contributed by atoms with Crippen molar-refractivity contribution in [2.45, 2.75) is 76.0 Å². The highest BCUT2D eigenvalue weighted by atomic mass is 32.2. The number of hydrogen-bond donors (Lipinski definition) is 3. The topological polar surface area (TPSA) is 244 Å². The van der Waals surface area contributed by atoms with Crippen LogP contribution in [0.4, 0.5) is 11.4 Å². The Morgan fingerprint density at radius 2 is 1.32 bits per heavy atom. The summed E-state index contributed by atoms with van der Waals surface area (Å²) >= 11 is 0. The monoisotopic (exact) mass is 917 g/mol. The van der Waals surface area contributed by atoms with Crippen LogP contribution < -0.4 is 15.5 Å². The lowest BCUT2D eigenvalue weighted by molar-refractivity contribution is -0.438. The maximum absolute atomic E-state index is 13.3. The number of methoxy groups -OCH3 is 3. The van der Waals surface area contributed by atoms with Crippen molar-refractivity contribution in [2.24, 2.45) is 0 Å². The van der Waals surface area contributed by atoms with Crippen molar-refractivity contribution in [3.05, 3.63) is 82.6 Å². The van der Waals surface area contributed by atoms with Crippen molar-refractivity contribution in [1.29, 1.82) is 0 Å². The van der Waals surface area contributed by atoms with E-state index in [1.54, 1.807) is 31.4 Å². The van der Waals surface area contributed by atoms with E-state index in [9.17, 15) is 45.4 Å². The van der Waals surface area contributed by atoms with E-state index in [1.165, 1.54) is 14.2 Å². The molecule has 19 heteroatoms. The van der Waals surface area contributed by atoms with Gasteiger partial charge in [-0.25, -0.2) is 16.8 Å². The van der Waals surface area contributed by atoms with Gasteiger partial charge < -0.3 is 44.0 Å². The molecular weight excluding hydrogens is 857 g/mol. The molecule has 2 atom stereocenters. The highest BCUT2D eigenvalue weighted by Crippen LogP contribution is 2.51. The molecule has 0 radical (unpaired) electrons. The van der Waals surface area contributed by atoms with Crippen molar-refractivity contribution in [2.75, 3.05) is 83.7 Å². The zero-order chi connectivity index (χ0) is 46.4. The first-order chi connectivity index (χ1) is 29.8. The van der Waals surface area contributed by atoms with E-state index in [-0.39, 0.29) is 57.0 Å². The number of nitrogens with one attached hydrogen (secondary N) is 2. The van der Waals surface area contributed by atoms with Crippen LogP contribution in [0.1, 0.15) is 97.1 Å². The summed E-state index contributed by atoms with van der Waals surface area (Å²) in [6, 6.07) is 10.7. The van der Waals surface area contributed by atoms with Crippen LogP contribution >= 0.6 is 0 Å². The summed E-state index contributed by atoms with van der Waals surface area (Å²) in [7, 11) is -4.46. The van der Waals surface area contributed by atoms with E-state index in [4.69, 9.17) is 14.2 Å². The molecule has 2 aromatic carbocycles. The van der Waals surface area contributed by atoms with Crippen molar-refractivity contribution in [1.82, 2.24) is 10.6 Å². The highest BCUT2D eigenvalue weighted by Gasteiger charge is 2.48. The molecule has 0 fully saturated rings. The van der Waals surface area contributed by atoms with Crippen LogP contribution in [0, 0.1) is 0 Å². The predicted molar refractivity (Wildman–Crippen MR) is 236 cm³/mol. The molecule has 0 saturated heterocycles. The van der Waals surface area contributed by atoms with E-state index in [0.717, 1.165) is 33.9 Å². The summed E-state index contributed by atoms with van der Waals surface area (Å²) in [5.74, 6) is -2.72. The van der Waals surface area contributed by atoms with E-state index < -0.39 is 48.5 Å². The van der Waals surface area contributed by atoms with Crippen molar-refractivity contribution in [3.63, 3.8) is 0 Å². The Hall–Kier alpha value is -4.50. The third kappa shape index (κ3) is 13.7. The fourth-order valence-electron chi connectivity index (χ4n) is 8.47. The van der Waals surface area contributed by atoms with Crippen LogP contribution in [0.5, 0.6) is 0 Å². The van der Waals surface area contributed by atoms with Gasteiger partial charge >= 0.3 is 5.97 Å². The molecule has 0 bridgehead atoms. The zero-order valence-electron chi connectivity index (χ0n) is 36.8. The number of rotatable bonds is 27.